The molecule has 0 aromatic carbocycles. The van der Waals surface area contributed by atoms with Crippen LogP contribution >= 0.6 is 0 Å². The molecule has 0 saturated carbocycles. The van der Waals surface area contributed by atoms with E-state index >= 15 is 0 Å². The highest BCUT2D eigenvalue weighted by Gasteiger charge is 1.90. The van der Waals surface area contributed by atoms with E-state index in [1.54, 1.807) is 0 Å². The first-order valence-corrected chi connectivity index (χ1v) is 3.71. The van der Waals surface area contributed by atoms with E-state index in [1.165, 1.54) is 24.3 Å². The summed E-state index contributed by atoms with van der Waals surface area (Å²) in [6.07, 6.45) is 7.34. The van der Waals surface area contributed by atoms with Gasteiger partial charge < -0.3 is 10.2 Å². The van der Waals surface area contributed by atoms with Crippen molar-refractivity contribution in [2.75, 3.05) is 0 Å². The second-order valence-electron chi connectivity index (χ2n) is 2.25. The molecule has 0 heterocycles. The van der Waals surface area contributed by atoms with Crippen molar-refractivity contribution in [2.45, 2.75) is 0 Å². The Hall–Kier alpha value is -2.10. The van der Waals surface area contributed by atoms with Crippen molar-refractivity contribution in [3.8, 4) is 0 Å². The molecule has 0 atom stereocenters. The maximum absolute atomic E-state index is 10.2. The number of carboxylic acids is 2. The molecule has 0 radical (unpaired) electrons. The fraction of sp³-hybridized carbons (Fsp3) is 0. The van der Waals surface area contributed by atoms with Gasteiger partial charge in [-0.2, -0.15) is 0 Å². The molecule has 0 saturated heterocycles. The van der Waals surface area contributed by atoms with Crippen LogP contribution in [0.25, 0.3) is 0 Å². The van der Waals surface area contributed by atoms with Crippen molar-refractivity contribution in [3.63, 3.8) is 0 Å². The van der Waals surface area contributed by atoms with Gasteiger partial charge in [0.15, 0.2) is 0 Å². The molecule has 0 spiro atoms. The van der Waals surface area contributed by atoms with Gasteiger partial charge in [-0.1, -0.05) is 18.7 Å². The smallest absolute Gasteiger partial charge is 0.328 e. The second-order valence-corrected chi connectivity index (χ2v) is 2.25. The molecule has 2 N–H and O–H groups in total. The molecular weight excluding hydrogens is 184 g/mol. The van der Waals surface area contributed by atoms with Crippen LogP contribution < -0.4 is 0 Å². The average Bonchev–Trinajstić information content (AvgIpc) is 2.09. The predicted octanol–water partition coefficient (Wildman–Crippen LogP) is 1.38. The van der Waals surface area contributed by atoms with Crippen LogP contribution in [0.15, 0.2) is 48.6 Å². The second kappa shape index (κ2) is 6.42. The van der Waals surface area contributed by atoms with Gasteiger partial charge in [-0.3, -0.25) is 0 Å². The molecule has 4 nitrogen and oxygen atoms in total. The predicted molar refractivity (Wildman–Crippen MR) is 51.8 cm³/mol. The third-order valence-electron chi connectivity index (χ3n) is 1.15. The lowest BCUT2D eigenvalue weighted by Crippen LogP contribution is -1.88. The third kappa shape index (κ3) is 6.60. The molecule has 0 aliphatic heterocycles. The molecule has 0 aromatic heterocycles. The van der Waals surface area contributed by atoms with Gasteiger partial charge in [0.05, 0.1) is 0 Å². The van der Waals surface area contributed by atoms with E-state index < -0.39 is 11.9 Å². The van der Waals surface area contributed by atoms with Gasteiger partial charge in [0.25, 0.3) is 0 Å². The van der Waals surface area contributed by atoms with Crippen LogP contribution in [0.1, 0.15) is 0 Å². The van der Waals surface area contributed by atoms with Crippen molar-refractivity contribution >= 4 is 11.9 Å². The lowest BCUT2D eigenvalue weighted by molar-refractivity contribution is -0.132. The molecule has 0 aromatic rings. The molecule has 0 amide bonds. The minimum Gasteiger partial charge on any atom is -0.478 e. The fourth-order valence-electron chi connectivity index (χ4n) is 0.638. The van der Waals surface area contributed by atoms with Crippen LogP contribution in [0, 0.1) is 0 Å². The summed E-state index contributed by atoms with van der Waals surface area (Å²) in [6.45, 7) is 3.42. The van der Waals surface area contributed by atoms with Crippen LogP contribution in [0.2, 0.25) is 0 Å². The molecule has 0 aliphatic carbocycles. The highest BCUT2D eigenvalue weighted by molar-refractivity contribution is 5.82. The van der Waals surface area contributed by atoms with Gasteiger partial charge in [0.1, 0.15) is 0 Å². The van der Waals surface area contributed by atoms with Gasteiger partial charge in [-0.05, 0) is 17.7 Å². The van der Waals surface area contributed by atoms with Gasteiger partial charge in [0.2, 0.25) is 0 Å². The number of aliphatic carboxylic acids is 2. The standard InChI is InChI=1S/C10H10O4/c1-2-3-8(4-6-9(11)12)5-7-10(13)14/h2-7H,1H2,(H,11,12)(H,13,14). The Bertz CT molecular complexity index is 295. The Labute approximate surface area is 81.2 Å². The van der Waals surface area contributed by atoms with E-state index in [4.69, 9.17) is 10.2 Å². The first kappa shape index (κ1) is 11.9. The highest BCUT2D eigenvalue weighted by atomic mass is 16.4. The summed E-state index contributed by atoms with van der Waals surface area (Å²) < 4.78 is 0. The van der Waals surface area contributed by atoms with Crippen molar-refractivity contribution in [1.29, 1.82) is 0 Å². The Kier molecular flexibility index (Phi) is 5.46. The summed E-state index contributed by atoms with van der Waals surface area (Å²) in [6, 6.07) is 0. The van der Waals surface area contributed by atoms with E-state index in [2.05, 4.69) is 6.58 Å². The summed E-state index contributed by atoms with van der Waals surface area (Å²) in [7, 11) is 0. The molecule has 4 heteroatoms. The number of rotatable bonds is 5. The number of hydrogen-bond acceptors (Lipinski definition) is 2. The molecule has 0 unspecified atom stereocenters. The maximum Gasteiger partial charge on any atom is 0.328 e. The fourth-order valence-corrected chi connectivity index (χ4v) is 0.638. The first-order chi connectivity index (χ1) is 6.56. The summed E-state index contributed by atoms with van der Waals surface area (Å²) in [5, 5.41) is 16.7. The van der Waals surface area contributed by atoms with Crippen LogP contribution in [-0.2, 0) is 9.59 Å². The zero-order valence-corrected chi connectivity index (χ0v) is 7.38. The zero-order chi connectivity index (χ0) is 11.0. The normalized spacial score (nSPS) is 10.3. The van der Waals surface area contributed by atoms with Gasteiger partial charge in [-0.15, -0.1) is 0 Å². The quantitative estimate of drug-likeness (QED) is 0.512. The van der Waals surface area contributed by atoms with E-state index in [-0.39, 0.29) is 0 Å². The molecule has 0 fully saturated rings. The van der Waals surface area contributed by atoms with E-state index in [0.717, 1.165) is 12.2 Å². The summed E-state index contributed by atoms with van der Waals surface area (Å²) >= 11 is 0. The molecule has 0 bridgehead atoms. The Morgan fingerprint density at radius 2 is 1.36 bits per heavy atom. The van der Waals surface area contributed by atoms with Crippen LogP contribution in [-0.4, -0.2) is 22.2 Å². The largest absolute Gasteiger partial charge is 0.478 e. The van der Waals surface area contributed by atoms with Crippen molar-refractivity contribution < 1.29 is 19.8 Å². The highest BCUT2D eigenvalue weighted by Crippen LogP contribution is 1.99. The summed E-state index contributed by atoms with van der Waals surface area (Å²) in [4.78, 5) is 20.3. The van der Waals surface area contributed by atoms with Gasteiger partial charge in [-0.25, -0.2) is 9.59 Å². The third-order valence-corrected chi connectivity index (χ3v) is 1.15. The van der Waals surface area contributed by atoms with Crippen molar-refractivity contribution in [1.82, 2.24) is 0 Å². The molecule has 74 valence electrons. The molecule has 14 heavy (non-hydrogen) atoms. The Morgan fingerprint density at radius 3 is 1.64 bits per heavy atom. The van der Waals surface area contributed by atoms with Gasteiger partial charge in [0, 0.05) is 12.2 Å². The van der Waals surface area contributed by atoms with Crippen molar-refractivity contribution in [2.24, 2.45) is 0 Å². The minimum absolute atomic E-state index is 0.449. The number of allylic oxidation sites excluding steroid dienone is 5. The Morgan fingerprint density at radius 1 is 0.929 bits per heavy atom. The summed E-state index contributed by atoms with van der Waals surface area (Å²) in [5.41, 5.74) is 0.449. The van der Waals surface area contributed by atoms with Crippen LogP contribution in [0.4, 0.5) is 0 Å². The topological polar surface area (TPSA) is 74.6 Å². The SMILES string of the molecule is C=CC=C(C=CC(=O)O)C=CC(=O)O. The van der Waals surface area contributed by atoms with E-state index in [9.17, 15) is 9.59 Å². The number of hydrogen-bond donors (Lipinski definition) is 2. The lowest BCUT2D eigenvalue weighted by atomic mass is 10.2. The molecular formula is C10H10O4. The van der Waals surface area contributed by atoms with Crippen LogP contribution in [0.3, 0.4) is 0 Å². The average molecular weight is 194 g/mol. The van der Waals surface area contributed by atoms with Gasteiger partial charge >= 0.3 is 11.9 Å². The number of carboxylic acid groups (broad SMARTS) is 2. The van der Waals surface area contributed by atoms with Crippen molar-refractivity contribution in [3.05, 3.63) is 48.6 Å². The zero-order valence-electron chi connectivity index (χ0n) is 7.38. The number of carbonyl (C=O) groups is 2. The lowest BCUT2D eigenvalue weighted by Gasteiger charge is -1.89. The van der Waals surface area contributed by atoms with Crippen LogP contribution in [0.5, 0.6) is 0 Å². The minimum atomic E-state index is -1.09. The van der Waals surface area contributed by atoms with E-state index in [0.29, 0.717) is 5.57 Å². The molecule has 0 rings (SSSR count). The Balaban J connectivity index is 4.62. The summed E-state index contributed by atoms with van der Waals surface area (Å²) in [5.74, 6) is -2.19. The molecule has 0 aliphatic rings. The van der Waals surface area contributed by atoms with E-state index in [1.807, 2.05) is 0 Å². The first-order valence-electron chi connectivity index (χ1n) is 3.71. The maximum atomic E-state index is 10.2. The monoisotopic (exact) mass is 194 g/mol.